The van der Waals surface area contributed by atoms with Gasteiger partial charge in [-0.3, -0.25) is 0 Å². The third-order valence-electron chi connectivity index (χ3n) is 3.11. The maximum absolute atomic E-state index is 5.91. The first-order chi connectivity index (χ1) is 7.15. The van der Waals surface area contributed by atoms with Crippen molar-refractivity contribution in [2.75, 3.05) is 18.0 Å². The molecule has 1 aliphatic heterocycles. The molecule has 1 fully saturated rings. The van der Waals surface area contributed by atoms with Gasteiger partial charge in [0.25, 0.3) is 0 Å². The van der Waals surface area contributed by atoms with Crippen molar-refractivity contribution >= 4 is 5.69 Å². The topological polar surface area (TPSA) is 29.3 Å². The molecule has 0 saturated carbocycles. The summed E-state index contributed by atoms with van der Waals surface area (Å²) < 4.78 is 0. The lowest BCUT2D eigenvalue weighted by Crippen LogP contribution is -2.39. The van der Waals surface area contributed by atoms with Crippen LogP contribution in [-0.2, 0) is 0 Å². The van der Waals surface area contributed by atoms with Crippen LogP contribution in [0.1, 0.15) is 24.0 Å². The highest BCUT2D eigenvalue weighted by molar-refractivity contribution is 5.51. The van der Waals surface area contributed by atoms with E-state index >= 15 is 0 Å². The molecule has 1 saturated heterocycles. The zero-order chi connectivity index (χ0) is 10.8. The van der Waals surface area contributed by atoms with Crippen LogP contribution >= 0.6 is 0 Å². The van der Waals surface area contributed by atoms with E-state index < -0.39 is 0 Å². The molecule has 2 nitrogen and oxygen atoms in total. The molecule has 0 atom stereocenters. The Morgan fingerprint density at radius 3 is 2.13 bits per heavy atom. The molecule has 0 aliphatic carbocycles. The Labute approximate surface area is 92.1 Å². The zero-order valence-electron chi connectivity index (χ0n) is 9.66. The Bertz CT molecular complexity index is 318. The van der Waals surface area contributed by atoms with Crippen molar-refractivity contribution in [1.82, 2.24) is 0 Å². The van der Waals surface area contributed by atoms with Crippen molar-refractivity contribution in [3.05, 3.63) is 29.3 Å². The molecule has 0 unspecified atom stereocenters. The number of hydrogen-bond donors (Lipinski definition) is 1. The Hall–Kier alpha value is -1.02. The molecule has 2 rings (SSSR count). The second kappa shape index (κ2) is 4.23. The fourth-order valence-electron chi connectivity index (χ4n) is 2.29. The van der Waals surface area contributed by atoms with Crippen LogP contribution in [-0.4, -0.2) is 19.1 Å². The van der Waals surface area contributed by atoms with Gasteiger partial charge in [-0.2, -0.15) is 0 Å². The quantitative estimate of drug-likeness (QED) is 0.760. The maximum atomic E-state index is 5.91. The van der Waals surface area contributed by atoms with Gasteiger partial charge in [0.05, 0.1) is 0 Å². The summed E-state index contributed by atoms with van der Waals surface area (Å²) in [7, 11) is 0. The predicted octanol–water partition coefficient (Wildman–Crippen LogP) is 2.23. The van der Waals surface area contributed by atoms with E-state index in [4.69, 9.17) is 5.73 Å². The summed E-state index contributed by atoms with van der Waals surface area (Å²) in [5.74, 6) is 0. The second-order valence-corrected chi connectivity index (χ2v) is 4.67. The molecular weight excluding hydrogens is 184 g/mol. The first-order valence-corrected chi connectivity index (χ1v) is 5.74. The van der Waals surface area contributed by atoms with Gasteiger partial charge in [0.2, 0.25) is 0 Å². The normalized spacial score (nSPS) is 18.2. The maximum Gasteiger partial charge on any atom is 0.0371 e. The van der Waals surface area contributed by atoms with Gasteiger partial charge in [-0.15, -0.1) is 0 Å². The lowest BCUT2D eigenvalue weighted by molar-refractivity contribution is 0.501. The van der Waals surface area contributed by atoms with Crippen molar-refractivity contribution in [2.45, 2.75) is 32.7 Å². The van der Waals surface area contributed by atoms with E-state index in [0.717, 1.165) is 25.9 Å². The minimum Gasteiger partial charge on any atom is -0.371 e. The summed E-state index contributed by atoms with van der Waals surface area (Å²) in [6.07, 6.45) is 2.24. The molecule has 0 radical (unpaired) electrons. The highest BCUT2D eigenvalue weighted by atomic mass is 15.1. The number of aryl methyl sites for hydroxylation is 2. The van der Waals surface area contributed by atoms with Gasteiger partial charge in [-0.05, 0) is 49.9 Å². The fraction of sp³-hybridized carbons (Fsp3) is 0.538. The lowest BCUT2D eigenvalue weighted by Gasteiger charge is -2.32. The largest absolute Gasteiger partial charge is 0.371 e. The van der Waals surface area contributed by atoms with Crippen LogP contribution < -0.4 is 10.6 Å². The standard InChI is InChI=1S/C13H20N2/c1-10-7-11(2)9-13(8-10)15-5-3-12(14)4-6-15/h7-9,12H,3-6,14H2,1-2H3. The van der Waals surface area contributed by atoms with E-state index in [-0.39, 0.29) is 0 Å². The summed E-state index contributed by atoms with van der Waals surface area (Å²) in [6.45, 7) is 6.52. The number of anilines is 1. The summed E-state index contributed by atoms with van der Waals surface area (Å²) in [5.41, 5.74) is 9.96. The van der Waals surface area contributed by atoms with Gasteiger partial charge < -0.3 is 10.6 Å². The molecule has 2 N–H and O–H groups in total. The third-order valence-corrected chi connectivity index (χ3v) is 3.11. The molecule has 15 heavy (non-hydrogen) atoms. The molecule has 1 heterocycles. The molecule has 1 aromatic rings. The number of nitrogens with two attached hydrogens (primary N) is 1. The highest BCUT2D eigenvalue weighted by Gasteiger charge is 2.16. The summed E-state index contributed by atoms with van der Waals surface area (Å²) in [6, 6.07) is 7.17. The minimum atomic E-state index is 0.409. The smallest absolute Gasteiger partial charge is 0.0371 e. The highest BCUT2D eigenvalue weighted by Crippen LogP contribution is 2.22. The van der Waals surface area contributed by atoms with Crippen molar-refractivity contribution in [3.8, 4) is 0 Å². The van der Waals surface area contributed by atoms with Gasteiger partial charge in [0.1, 0.15) is 0 Å². The van der Waals surface area contributed by atoms with E-state index in [1.807, 2.05) is 0 Å². The van der Waals surface area contributed by atoms with E-state index in [2.05, 4.69) is 36.9 Å². The van der Waals surface area contributed by atoms with E-state index in [1.165, 1.54) is 16.8 Å². The Morgan fingerprint density at radius 2 is 1.60 bits per heavy atom. The van der Waals surface area contributed by atoms with Gasteiger partial charge in [-0.25, -0.2) is 0 Å². The van der Waals surface area contributed by atoms with Crippen molar-refractivity contribution in [1.29, 1.82) is 0 Å². The van der Waals surface area contributed by atoms with Gasteiger partial charge in [0, 0.05) is 24.8 Å². The molecule has 2 heteroatoms. The number of hydrogen-bond acceptors (Lipinski definition) is 2. The van der Waals surface area contributed by atoms with Crippen LogP contribution in [0.4, 0.5) is 5.69 Å². The summed E-state index contributed by atoms with van der Waals surface area (Å²) >= 11 is 0. The van der Waals surface area contributed by atoms with Crippen LogP contribution in [0.25, 0.3) is 0 Å². The Morgan fingerprint density at radius 1 is 1.07 bits per heavy atom. The number of piperidine rings is 1. The molecule has 0 spiro atoms. The van der Waals surface area contributed by atoms with E-state index in [1.54, 1.807) is 0 Å². The average Bonchev–Trinajstić information content (AvgIpc) is 2.17. The first kappa shape index (κ1) is 10.5. The van der Waals surface area contributed by atoms with Gasteiger partial charge in [-0.1, -0.05) is 6.07 Å². The van der Waals surface area contributed by atoms with E-state index in [0.29, 0.717) is 6.04 Å². The predicted molar refractivity (Wildman–Crippen MR) is 65.3 cm³/mol. The van der Waals surface area contributed by atoms with Crippen molar-refractivity contribution < 1.29 is 0 Å². The molecule has 0 bridgehead atoms. The molecular formula is C13H20N2. The average molecular weight is 204 g/mol. The second-order valence-electron chi connectivity index (χ2n) is 4.67. The zero-order valence-corrected chi connectivity index (χ0v) is 9.66. The van der Waals surface area contributed by atoms with Crippen LogP contribution in [0.3, 0.4) is 0 Å². The lowest BCUT2D eigenvalue weighted by atomic mass is 10.0. The Balaban J connectivity index is 2.15. The molecule has 0 aromatic heterocycles. The molecule has 0 amide bonds. The van der Waals surface area contributed by atoms with Crippen LogP contribution in [0.15, 0.2) is 18.2 Å². The van der Waals surface area contributed by atoms with Crippen LogP contribution in [0, 0.1) is 13.8 Å². The van der Waals surface area contributed by atoms with Crippen LogP contribution in [0.5, 0.6) is 0 Å². The van der Waals surface area contributed by atoms with E-state index in [9.17, 15) is 0 Å². The number of nitrogens with zero attached hydrogens (tertiary/aromatic N) is 1. The number of rotatable bonds is 1. The molecule has 1 aromatic carbocycles. The minimum absolute atomic E-state index is 0.409. The van der Waals surface area contributed by atoms with Crippen molar-refractivity contribution in [2.24, 2.45) is 5.73 Å². The third kappa shape index (κ3) is 2.51. The van der Waals surface area contributed by atoms with Crippen LogP contribution in [0.2, 0.25) is 0 Å². The molecule has 1 aliphatic rings. The summed E-state index contributed by atoms with van der Waals surface area (Å²) in [5, 5.41) is 0. The Kier molecular flexibility index (Phi) is 2.96. The number of benzene rings is 1. The van der Waals surface area contributed by atoms with Gasteiger partial charge >= 0.3 is 0 Å². The monoisotopic (exact) mass is 204 g/mol. The summed E-state index contributed by atoms with van der Waals surface area (Å²) in [4.78, 5) is 2.45. The van der Waals surface area contributed by atoms with Crippen molar-refractivity contribution in [3.63, 3.8) is 0 Å². The SMILES string of the molecule is Cc1cc(C)cc(N2CCC(N)CC2)c1. The molecule has 82 valence electrons. The first-order valence-electron chi connectivity index (χ1n) is 5.74. The fourth-order valence-corrected chi connectivity index (χ4v) is 2.29. The van der Waals surface area contributed by atoms with Gasteiger partial charge in [0.15, 0.2) is 0 Å².